The van der Waals surface area contributed by atoms with Crippen LogP contribution in [0.3, 0.4) is 0 Å². The van der Waals surface area contributed by atoms with Crippen LogP contribution in [0.15, 0.2) is 54.6 Å². The highest BCUT2D eigenvalue weighted by Crippen LogP contribution is 2.28. The van der Waals surface area contributed by atoms with Gasteiger partial charge in [0.1, 0.15) is 12.7 Å². The predicted octanol–water partition coefficient (Wildman–Crippen LogP) is 3.19. The first-order valence-corrected chi connectivity index (χ1v) is 6.12. The van der Waals surface area contributed by atoms with Crippen LogP contribution in [0.2, 0.25) is 0 Å². The van der Waals surface area contributed by atoms with E-state index in [9.17, 15) is 4.79 Å². The molecule has 0 aliphatic rings. The highest BCUT2D eigenvalue weighted by atomic mass is 16.5. The van der Waals surface area contributed by atoms with Crippen molar-refractivity contribution >= 4 is 5.97 Å². The van der Waals surface area contributed by atoms with Crippen molar-refractivity contribution in [3.63, 3.8) is 0 Å². The summed E-state index contributed by atoms with van der Waals surface area (Å²) >= 11 is 0. The summed E-state index contributed by atoms with van der Waals surface area (Å²) in [5.41, 5.74) is 3.04. The summed E-state index contributed by atoms with van der Waals surface area (Å²) in [6.07, 6.45) is -0.349. The van der Waals surface area contributed by atoms with Gasteiger partial charge < -0.3 is 9.84 Å². The van der Waals surface area contributed by atoms with Gasteiger partial charge in [-0.3, -0.25) is 0 Å². The quantitative estimate of drug-likeness (QED) is 0.893. The number of rotatable bonds is 5. The fourth-order valence-corrected chi connectivity index (χ4v) is 2.03. The van der Waals surface area contributed by atoms with E-state index in [1.807, 2.05) is 61.5 Å². The Kier molecular flexibility index (Phi) is 4.31. The minimum Gasteiger partial charge on any atom is -0.480 e. The van der Waals surface area contributed by atoms with Crippen molar-refractivity contribution in [2.45, 2.75) is 13.0 Å². The monoisotopic (exact) mass is 256 g/mol. The molecule has 0 aliphatic carbocycles. The molecule has 0 unspecified atom stereocenters. The molecule has 0 radical (unpaired) electrons. The van der Waals surface area contributed by atoms with E-state index >= 15 is 0 Å². The Hall–Kier alpha value is -2.13. The maximum absolute atomic E-state index is 10.7. The van der Waals surface area contributed by atoms with Gasteiger partial charge >= 0.3 is 5.97 Å². The number of carboxylic acid groups (broad SMARTS) is 1. The SMILES string of the molecule is Cc1ccccc1[C@H](OCC(=O)O)c1ccccc1. The normalized spacial score (nSPS) is 12.1. The Morgan fingerprint density at radius 2 is 1.74 bits per heavy atom. The fourth-order valence-electron chi connectivity index (χ4n) is 2.03. The lowest BCUT2D eigenvalue weighted by Gasteiger charge is -2.19. The Morgan fingerprint density at radius 3 is 2.37 bits per heavy atom. The average molecular weight is 256 g/mol. The molecule has 0 aliphatic heterocycles. The van der Waals surface area contributed by atoms with Crippen LogP contribution in [0, 0.1) is 6.92 Å². The summed E-state index contributed by atoms with van der Waals surface area (Å²) < 4.78 is 5.56. The standard InChI is InChI=1S/C16H16O3/c1-12-7-5-6-10-14(12)16(19-11-15(17)18)13-8-3-2-4-9-13/h2-10,16H,11H2,1H3,(H,17,18)/t16-/m1/s1. The van der Waals surface area contributed by atoms with Crippen LogP contribution in [-0.2, 0) is 9.53 Å². The molecule has 0 saturated carbocycles. The number of benzene rings is 2. The van der Waals surface area contributed by atoms with E-state index in [2.05, 4.69) is 0 Å². The van der Waals surface area contributed by atoms with Gasteiger partial charge in [0, 0.05) is 0 Å². The lowest BCUT2D eigenvalue weighted by atomic mass is 9.97. The minimum absolute atomic E-state index is 0.312. The first kappa shape index (κ1) is 13.3. The zero-order valence-electron chi connectivity index (χ0n) is 10.7. The number of carbonyl (C=O) groups is 1. The van der Waals surface area contributed by atoms with E-state index in [0.29, 0.717) is 0 Å². The molecule has 1 atom stereocenters. The molecule has 2 aromatic carbocycles. The van der Waals surface area contributed by atoms with Crippen LogP contribution in [0.25, 0.3) is 0 Å². The maximum atomic E-state index is 10.7. The summed E-state index contributed by atoms with van der Waals surface area (Å²) in [5, 5.41) is 8.80. The van der Waals surface area contributed by atoms with Crippen LogP contribution in [0.4, 0.5) is 0 Å². The molecule has 2 aromatic rings. The molecule has 0 amide bonds. The predicted molar refractivity (Wildman–Crippen MR) is 73.1 cm³/mol. The van der Waals surface area contributed by atoms with Crippen LogP contribution >= 0.6 is 0 Å². The molecular weight excluding hydrogens is 240 g/mol. The highest BCUT2D eigenvalue weighted by Gasteiger charge is 2.17. The molecule has 0 fully saturated rings. The number of ether oxygens (including phenoxy) is 1. The zero-order chi connectivity index (χ0) is 13.7. The van der Waals surface area contributed by atoms with Crippen LogP contribution in [0.5, 0.6) is 0 Å². The van der Waals surface area contributed by atoms with Crippen LogP contribution in [-0.4, -0.2) is 17.7 Å². The second-order valence-corrected chi connectivity index (χ2v) is 4.35. The Labute approximate surface area is 112 Å². The first-order chi connectivity index (χ1) is 9.18. The van der Waals surface area contributed by atoms with Crippen molar-refractivity contribution < 1.29 is 14.6 Å². The third-order valence-corrected chi connectivity index (χ3v) is 2.95. The van der Waals surface area contributed by atoms with Gasteiger partial charge in [-0.25, -0.2) is 4.79 Å². The van der Waals surface area contributed by atoms with Crippen molar-refractivity contribution in [2.75, 3.05) is 6.61 Å². The van der Waals surface area contributed by atoms with Crippen molar-refractivity contribution in [1.29, 1.82) is 0 Å². The molecule has 3 nitrogen and oxygen atoms in total. The minimum atomic E-state index is -0.963. The Morgan fingerprint density at radius 1 is 1.11 bits per heavy atom. The average Bonchev–Trinajstić information content (AvgIpc) is 2.42. The van der Waals surface area contributed by atoms with Gasteiger partial charge in [0.2, 0.25) is 0 Å². The molecule has 0 aromatic heterocycles. The van der Waals surface area contributed by atoms with E-state index in [1.54, 1.807) is 0 Å². The lowest BCUT2D eigenvalue weighted by Crippen LogP contribution is -2.14. The van der Waals surface area contributed by atoms with Gasteiger partial charge in [-0.15, -0.1) is 0 Å². The summed E-state index contributed by atoms with van der Waals surface area (Å²) in [5.74, 6) is -0.963. The second-order valence-electron chi connectivity index (χ2n) is 4.35. The largest absolute Gasteiger partial charge is 0.480 e. The Bertz CT molecular complexity index is 549. The molecule has 2 rings (SSSR count). The number of carboxylic acids is 1. The molecule has 3 heteroatoms. The molecule has 0 bridgehead atoms. The van der Waals surface area contributed by atoms with Gasteiger partial charge in [-0.1, -0.05) is 54.6 Å². The second kappa shape index (κ2) is 6.16. The highest BCUT2D eigenvalue weighted by molar-refractivity contribution is 5.68. The van der Waals surface area contributed by atoms with E-state index in [4.69, 9.17) is 9.84 Å². The fraction of sp³-hybridized carbons (Fsp3) is 0.188. The molecule has 0 heterocycles. The summed E-state index contributed by atoms with van der Waals surface area (Å²) in [4.78, 5) is 10.7. The van der Waals surface area contributed by atoms with Gasteiger partial charge in [-0.2, -0.15) is 0 Å². The van der Waals surface area contributed by atoms with E-state index in [-0.39, 0.29) is 12.7 Å². The third kappa shape index (κ3) is 3.42. The van der Waals surface area contributed by atoms with Crippen LogP contribution in [0.1, 0.15) is 22.8 Å². The third-order valence-electron chi connectivity index (χ3n) is 2.95. The first-order valence-electron chi connectivity index (χ1n) is 6.12. The molecule has 0 spiro atoms. The number of hydrogen-bond donors (Lipinski definition) is 1. The van der Waals surface area contributed by atoms with Gasteiger partial charge in [0.15, 0.2) is 0 Å². The van der Waals surface area contributed by atoms with E-state index in [1.165, 1.54) is 0 Å². The van der Waals surface area contributed by atoms with Crippen molar-refractivity contribution in [3.8, 4) is 0 Å². The number of aryl methyl sites for hydroxylation is 1. The molecule has 19 heavy (non-hydrogen) atoms. The van der Waals surface area contributed by atoms with E-state index in [0.717, 1.165) is 16.7 Å². The van der Waals surface area contributed by atoms with Crippen molar-refractivity contribution in [1.82, 2.24) is 0 Å². The number of hydrogen-bond acceptors (Lipinski definition) is 2. The maximum Gasteiger partial charge on any atom is 0.329 e. The Balaban J connectivity index is 2.35. The lowest BCUT2D eigenvalue weighted by molar-refractivity contribution is -0.143. The summed E-state index contributed by atoms with van der Waals surface area (Å²) in [7, 11) is 0. The van der Waals surface area contributed by atoms with Gasteiger partial charge in [-0.05, 0) is 23.6 Å². The summed E-state index contributed by atoms with van der Waals surface area (Å²) in [6.45, 7) is 1.68. The van der Waals surface area contributed by atoms with Gasteiger partial charge in [0.05, 0.1) is 0 Å². The molecule has 98 valence electrons. The molecule has 1 N–H and O–H groups in total. The van der Waals surface area contributed by atoms with Crippen molar-refractivity contribution in [3.05, 3.63) is 71.3 Å². The van der Waals surface area contributed by atoms with E-state index < -0.39 is 5.97 Å². The van der Waals surface area contributed by atoms with Crippen molar-refractivity contribution in [2.24, 2.45) is 0 Å². The number of aliphatic carboxylic acids is 1. The smallest absolute Gasteiger partial charge is 0.329 e. The van der Waals surface area contributed by atoms with Crippen LogP contribution < -0.4 is 0 Å². The topological polar surface area (TPSA) is 46.5 Å². The zero-order valence-corrected chi connectivity index (χ0v) is 10.7. The van der Waals surface area contributed by atoms with Gasteiger partial charge in [0.25, 0.3) is 0 Å². The molecular formula is C16H16O3. The molecule has 0 saturated heterocycles. The summed E-state index contributed by atoms with van der Waals surface area (Å²) in [6, 6.07) is 17.5.